The van der Waals surface area contributed by atoms with Crippen molar-refractivity contribution >= 4 is 27.9 Å². The molecule has 1 aliphatic heterocycles. The van der Waals surface area contributed by atoms with Gasteiger partial charge in [0.25, 0.3) is 0 Å². The van der Waals surface area contributed by atoms with E-state index in [1.807, 2.05) is 13.8 Å². The van der Waals surface area contributed by atoms with Crippen LogP contribution in [0.25, 0.3) is 0 Å². The zero-order valence-corrected chi connectivity index (χ0v) is 14.9. The van der Waals surface area contributed by atoms with Gasteiger partial charge in [-0.05, 0) is 54.4 Å². The van der Waals surface area contributed by atoms with E-state index in [0.717, 1.165) is 0 Å². The molecular weight excluding hydrogens is 367 g/mol. The van der Waals surface area contributed by atoms with Gasteiger partial charge >= 0.3 is 12.0 Å². The van der Waals surface area contributed by atoms with Crippen molar-refractivity contribution in [2.24, 2.45) is 0 Å². The van der Waals surface area contributed by atoms with Crippen LogP contribution >= 0.6 is 15.9 Å². The minimum Gasteiger partial charge on any atom is -0.466 e. The predicted molar refractivity (Wildman–Crippen MR) is 87.1 cm³/mol. The van der Waals surface area contributed by atoms with Crippen molar-refractivity contribution in [1.29, 1.82) is 0 Å². The van der Waals surface area contributed by atoms with Crippen molar-refractivity contribution in [3.05, 3.63) is 45.3 Å². The van der Waals surface area contributed by atoms with Gasteiger partial charge in [0.2, 0.25) is 0 Å². The zero-order chi connectivity index (χ0) is 17.3. The molecule has 0 unspecified atom stereocenters. The molecule has 1 aromatic carbocycles. The second-order valence-corrected chi connectivity index (χ2v) is 6.36. The van der Waals surface area contributed by atoms with Gasteiger partial charge in [-0.3, -0.25) is 4.90 Å². The Bertz CT molecular complexity index is 688. The average molecular weight is 385 g/mol. The molecule has 0 radical (unpaired) electrons. The topological polar surface area (TPSA) is 58.6 Å². The third kappa shape index (κ3) is 3.24. The number of ether oxygens (including phenoxy) is 1. The highest BCUT2D eigenvalue weighted by atomic mass is 79.9. The molecule has 1 aliphatic rings. The quantitative estimate of drug-likeness (QED) is 0.811. The molecule has 5 nitrogen and oxygen atoms in total. The molecule has 23 heavy (non-hydrogen) atoms. The van der Waals surface area contributed by atoms with Crippen molar-refractivity contribution in [1.82, 2.24) is 10.2 Å². The van der Waals surface area contributed by atoms with Crippen molar-refractivity contribution in [2.45, 2.75) is 32.9 Å². The molecule has 1 aromatic rings. The van der Waals surface area contributed by atoms with Gasteiger partial charge < -0.3 is 10.1 Å². The summed E-state index contributed by atoms with van der Waals surface area (Å²) in [6, 6.07) is 3.24. The van der Waals surface area contributed by atoms with Gasteiger partial charge in [0.1, 0.15) is 5.82 Å². The number of carbonyl (C=O) groups is 2. The number of rotatable bonds is 3. The lowest BCUT2D eigenvalue weighted by Gasteiger charge is -2.37. The van der Waals surface area contributed by atoms with Crippen LogP contribution in [0.5, 0.6) is 0 Å². The third-order valence-electron chi connectivity index (χ3n) is 3.73. The number of hydrogen-bond acceptors (Lipinski definition) is 3. The number of methoxy groups -OCH3 is 1. The van der Waals surface area contributed by atoms with Gasteiger partial charge in [-0.1, -0.05) is 6.07 Å². The highest BCUT2D eigenvalue weighted by Crippen LogP contribution is 2.33. The van der Waals surface area contributed by atoms with E-state index in [2.05, 4.69) is 21.2 Å². The van der Waals surface area contributed by atoms with Crippen molar-refractivity contribution < 1.29 is 18.7 Å². The zero-order valence-electron chi connectivity index (χ0n) is 13.3. The van der Waals surface area contributed by atoms with E-state index < -0.39 is 17.8 Å². The van der Waals surface area contributed by atoms with E-state index >= 15 is 0 Å². The number of halogens is 2. The van der Waals surface area contributed by atoms with Crippen LogP contribution in [0, 0.1) is 5.82 Å². The lowest BCUT2D eigenvalue weighted by Crippen LogP contribution is -2.50. The van der Waals surface area contributed by atoms with Crippen molar-refractivity contribution in [2.75, 3.05) is 7.11 Å². The van der Waals surface area contributed by atoms with Crippen LogP contribution in [0.15, 0.2) is 33.9 Å². The smallest absolute Gasteiger partial charge is 0.337 e. The maximum Gasteiger partial charge on any atom is 0.337 e. The Morgan fingerprint density at radius 2 is 2.09 bits per heavy atom. The highest BCUT2D eigenvalue weighted by Gasteiger charge is 2.37. The molecule has 1 heterocycles. The van der Waals surface area contributed by atoms with Crippen LogP contribution in [0.3, 0.4) is 0 Å². The second-order valence-electron chi connectivity index (χ2n) is 5.51. The van der Waals surface area contributed by atoms with E-state index in [-0.39, 0.29) is 16.5 Å². The highest BCUT2D eigenvalue weighted by molar-refractivity contribution is 9.10. The summed E-state index contributed by atoms with van der Waals surface area (Å²) >= 11 is 3.12. The SMILES string of the molecule is COC(=O)C1=C(C)N(C(C)C)C(=O)N[C@@H]1c1ccc(F)c(Br)c1. The number of urea groups is 1. The average Bonchev–Trinajstić information content (AvgIpc) is 2.48. The first-order valence-electron chi connectivity index (χ1n) is 7.11. The first kappa shape index (κ1) is 17.5. The van der Waals surface area contributed by atoms with Gasteiger partial charge in [0, 0.05) is 11.7 Å². The van der Waals surface area contributed by atoms with E-state index in [1.54, 1.807) is 13.0 Å². The molecule has 0 fully saturated rings. The molecule has 2 rings (SSSR count). The van der Waals surface area contributed by atoms with E-state index in [9.17, 15) is 14.0 Å². The van der Waals surface area contributed by atoms with Crippen LogP contribution in [-0.2, 0) is 9.53 Å². The minimum absolute atomic E-state index is 0.115. The van der Waals surface area contributed by atoms with Crippen molar-refractivity contribution in [3.63, 3.8) is 0 Å². The Kier molecular flexibility index (Phi) is 5.09. The molecule has 2 amide bonds. The number of hydrogen-bond donors (Lipinski definition) is 1. The van der Waals surface area contributed by atoms with Crippen LogP contribution in [0.2, 0.25) is 0 Å². The molecular formula is C16H18BrFN2O3. The van der Waals surface area contributed by atoms with Gasteiger partial charge in [-0.15, -0.1) is 0 Å². The predicted octanol–water partition coefficient (Wildman–Crippen LogP) is 3.51. The van der Waals surface area contributed by atoms with Gasteiger partial charge in [-0.2, -0.15) is 0 Å². The fraction of sp³-hybridized carbons (Fsp3) is 0.375. The summed E-state index contributed by atoms with van der Waals surface area (Å²) in [5, 5.41) is 2.79. The largest absolute Gasteiger partial charge is 0.466 e. The molecule has 1 N–H and O–H groups in total. The Morgan fingerprint density at radius 1 is 1.43 bits per heavy atom. The Morgan fingerprint density at radius 3 is 2.61 bits per heavy atom. The first-order chi connectivity index (χ1) is 10.8. The van der Waals surface area contributed by atoms with Crippen molar-refractivity contribution in [3.8, 4) is 0 Å². The van der Waals surface area contributed by atoms with Crippen LogP contribution < -0.4 is 5.32 Å². The molecule has 0 saturated carbocycles. The van der Waals surface area contributed by atoms with Crippen LogP contribution in [0.4, 0.5) is 9.18 Å². The lowest BCUT2D eigenvalue weighted by molar-refractivity contribution is -0.136. The van der Waals surface area contributed by atoms with Gasteiger partial charge in [0.15, 0.2) is 0 Å². The summed E-state index contributed by atoms with van der Waals surface area (Å²) in [7, 11) is 1.29. The number of allylic oxidation sites excluding steroid dienone is 1. The number of nitrogens with one attached hydrogen (secondary N) is 1. The Labute approximate surface area is 142 Å². The summed E-state index contributed by atoms with van der Waals surface area (Å²) < 4.78 is 18.6. The van der Waals surface area contributed by atoms with Crippen LogP contribution in [0.1, 0.15) is 32.4 Å². The number of nitrogens with zero attached hydrogens (tertiary/aromatic N) is 1. The van der Waals surface area contributed by atoms with Crippen LogP contribution in [-0.4, -0.2) is 30.1 Å². The third-order valence-corrected chi connectivity index (χ3v) is 4.33. The fourth-order valence-electron chi connectivity index (χ4n) is 2.70. The summed E-state index contributed by atoms with van der Waals surface area (Å²) in [5.74, 6) is -0.946. The molecule has 1 atom stereocenters. The molecule has 0 bridgehead atoms. The summed E-state index contributed by atoms with van der Waals surface area (Å²) in [4.78, 5) is 26.1. The monoisotopic (exact) mass is 384 g/mol. The number of esters is 1. The summed E-state index contributed by atoms with van der Waals surface area (Å²) in [6.45, 7) is 5.41. The summed E-state index contributed by atoms with van der Waals surface area (Å²) in [6.07, 6.45) is 0. The first-order valence-corrected chi connectivity index (χ1v) is 7.91. The molecule has 0 aliphatic carbocycles. The molecule has 124 valence electrons. The van der Waals surface area contributed by atoms with E-state index in [0.29, 0.717) is 16.8 Å². The molecule has 0 aromatic heterocycles. The normalized spacial score (nSPS) is 18.3. The molecule has 0 saturated heterocycles. The van der Waals surface area contributed by atoms with Gasteiger partial charge in [0.05, 0.1) is 23.2 Å². The Balaban J connectivity index is 2.59. The van der Waals surface area contributed by atoms with E-state index in [1.165, 1.54) is 24.1 Å². The fourth-order valence-corrected chi connectivity index (χ4v) is 3.09. The second kappa shape index (κ2) is 6.70. The molecule has 0 spiro atoms. The maximum absolute atomic E-state index is 13.5. The summed E-state index contributed by atoms with van der Waals surface area (Å²) in [5.41, 5.74) is 1.45. The number of benzene rings is 1. The number of amides is 2. The minimum atomic E-state index is -0.693. The maximum atomic E-state index is 13.5. The Hall–Kier alpha value is -1.89. The molecule has 7 heteroatoms. The lowest BCUT2D eigenvalue weighted by atomic mass is 9.94. The van der Waals surface area contributed by atoms with E-state index in [4.69, 9.17) is 4.74 Å². The standard InChI is InChI=1S/C16H18BrFN2O3/c1-8(2)20-9(3)13(15(21)23-4)14(19-16(20)22)10-5-6-12(18)11(17)7-10/h5-8,14H,1-4H3,(H,19,22)/t14-/m1/s1. The number of carbonyl (C=O) groups excluding carboxylic acids is 2. The van der Waals surface area contributed by atoms with Gasteiger partial charge in [-0.25, -0.2) is 14.0 Å².